The van der Waals surface area contributed by atoms with Crippen molar-refractivity contribution in [1.82, 2.24) is 25.7 Å². The van der Waals surface area contributed by atoms with E-state index >= 15 is 0 Å². The van der Waals surface area contributed by atoms with Crippen molar-refractivity contribution in [2.24, 2.45) is 5.92 Å². The molecule has 142 valence electrons. The lowest BCUT2D eigenvalue weighted by Crippen LogP contribution is -2.55. The van der Waals surface area contributed by atoms with E-state index in [0.29, 0.717) is 23.2 Å². The van der Waals surface area contributed by atoms with Gasteiger partial charge in [0, 0.05) is 24.9 Å². The zero-order valence-corrected chi connectivity index (χ0v) is 16.8. The van der Waals surface area contributed by atoms with Crippen molar-refractivity contribution in [3.8, 4) is 0 Å². The van der Waals surface area contributed by atoms with E-state index in [1.54, 1.807) is 5.51 Å². The van der Waals surface area contributed by atoms with Gasteiger partial charge < -0.3 is 15.5 Å². The van der Waals surface area contributed by atoms with E-state index in [1.807, 2.05) is 11.8 Å². The third-order valence-electron chi connectivity index (χ3n) is 4.21. The molecule has 26 heavy (non-hydrogen) atoms. The van der Waals surface area contributed by atoms with E-state index in [4.69, 9.17) is 0 Å². The highest BCUT2D eigenvalue weighted by atomic mass is 32.2. The lowest BCUT2D eigenvalue weighted by molar-refractivity contribution is -0.135. The Hall–Kier alpha value is -1.33. The molecular weight excluding hydrogens is 394 g/mol. The Morgan fingerprint density at radius 2 is 2.31 bits per heavy atom. The number of nitrogens with one attached hydrogen (secondary N) is 2. The molecule has 8 nitrogen and oxygen atoms in total. The fourth-order valence-corrected chi connectivity index (χ4v) is 5.20. The number of thioether (sulfide) groups is 2. The van der Waals surface area contributed by atoms with Crippen molar-refractivity contribution in [2.45, 2.75) is 29.8 Å². The number of carbonyl (C=O) groups is 3. The summed E-state index contributed by atoms with van der Waals surface area (Å²) in [6.07, 6.45) is 0.826. The van der Waals surface area contributed by atoms with Crippen LogP contribution in [-0.2, 0) is 14.4 Å². The number of aromatic nitrogens is 2. The molecule has 11 heteroatoms. The fourth-order valence-electron chi connectivity index (χ4n) is 2.95. The average Bonchev–Trinajstić information content (AvgIpc) is 3.09. The molecule has 0 saturated carbocycles. The number of rotatable bonds is 7. The molecule has 3 amide bonds. The topological polar surface area (TPSA) is 104 Å². The van der Waals surface area contributed by atoms with Crippen LogP contribution in [0, 0.1) is 5.92 Å². The molecule has 1 aromatic rings. The van der Waals surface area contributed by atoms with Gasteiger partial charge in [-0.25, -0.2) is 0 Å². The van der Waals surface area contributed by atoms with Crippen LogP contribution < -0.4 is 10.6 Å². The molecule has 1 aromatic heterocycles. The van der Waals surface area contributed by atoms with Crippen LogP contribution in [0.1, 0.15) is 13.3 Å². The molecule has 2 atom stereocenters. The first-order valence-electron chi connectivity index (χ1n) is 8.35. The summed E-state index contributed by atoms with van der Waals surface area (Å²) in [4.78, 5) is 37.5. The Labute approximate surface area is 164 Å². The van der Waals surface area contributed by atoms with Gasteiger partial charge in [0.05, 0.1) is 11.5 Å². The smallest absolute Gasteiger partial charge is 0.243 e. The maximum atomic E-state index is 12.2. The van der Waals surface area contributed by atoms with E-state index in [9.17, 15) is 14.4 Å². The molecule has 0 radical (unpaired) electrons. The highest BCUT2D eigenvalue weighted by Crippen LogP contribution is 2.24. The van der Waals surface area contributed by atoms with Gasteiger partial charge in [-0.1, -0.05) is 23.1 Å². The van der Waals surface area contributed by atoms with E-state index in [0.717, 1.165) is 23.8 Å². The van der Waals surface area contributed by atoms with Gasteiger partial charge in [-0.15, -0.1) is 22.0 Å². The van der Waals surface area contributed by atoms with Crippen LogP contribution in [-0.4, -0.2) is 75.3 Å². The number of carbonyl (C=O) groups excluding carboxylic acids is 3. The zero-order chi connectivity index (χ0) is 18.5. The molecule has 3 heterocycles. The molecule has 2 saturated heterocycles. The number of likely N-dealkylation sites (tertiary alicyclic amines) is 1. The average molecular weight is 416 g/mol. The van der Waals surface area contributed by atoms with Gasteiger partial charge in [0.25, 0.3) is 0 Å². The normalized spacial score (nSPS) is 21.7. The first-order valence-corrected chi connectivity index (χ1v) is 11.4. The molecular formula is C15H21N5O3S3. The second-order valence-corrected chi connectivity index (χ2v) is 9.52. The molecule has 0 aliphatic carbocycles. The molecule has 2 fully saturated rings. The van der Waals surface area contributed by atoms with Crippen molar-refractivity contribution < 1.29 is 14.4 Å². The summed E-state index contributed by atoms with van der Waals surface area (Å²) in [5.74, 6) is 1.71. The summed E-state index contributed by atoms with van der Waals surface area (Å²) in [6.45, 7) is 3.42. The molecule has 0 spiro atoms. The Balaban J connectivity index is 1.32. The molecule has 2 aliphatic heterocycles. The third kappa shape index (κ3) is 5.34. The summed E-state index contributed by atoms with van der Waals surface area (Å²) in [7, 11) is 0. The van der Waals surface area contributed by atoms with Crippen LogP contribution in [0.25, 0.3) is 0 Å². The van der Waals surface area contributed by atoms with Gasteiger partial charge in [-0.05, 0) is 19.3 Å². The first kappa shape index (κ1) is 19.4. The minimum Gasteiger partial charge on any atom is -0.352 e. The van der Waals surface area contributed by atoms with Crippen molar-refractivity contribution in [2.75, 3.05) is 30.3 Å². The van der Waals surface area contributed by atoms with Gasteiger partial charge in [0.15, 0.2) is 4.34 Å². The molecule has 3 rings (SSSR count). The fraction of sp³-hybridized carbons (Fsp3) is 0.667. The standard InChI is InChI=1S/C15H21N5O3S3/c1-9(17-14(23)11-5-24-6-12(21)18-11)2-10-3-20(4-10)13(22)7-25-15-19-16-8-26-15/h8-11H,2-7H2,1H3,(H,17,23)(H,18,21)/t9?,11-/m0/s1. The lowest BCUT2D eigenvalue weighted by Gasteiger charge is -2.40. The predicted molar refractivity (Wildman–Crippen MR) is 102 cm³/mol. The third-order valence-corrected chi connectivity index (χ3v) is 7.09. The van der Waals surface area contributed by atoms with E-state index < -0.39 is 6.04 Å². The second kappa shape index (κ2) is 9.05. The Bertz CT molecular complexity index is 651. The highest BCUT2D eigenvalue weighted by Gasteiger charge is 2.32. The number of amides is 3. The van der Waals surface area contributed by atoms with Crippen molar-refractivity contribution in [3.05, 3.63) is 5.51 Å². The number of hydrogen-bond donors (Lipinski definition) is 2. The summed E-state index contributed by atoms with van der Waals surface area (Å²) < 4.78 is 0.805. The Morgan fingerprint density at radius 3 is 3.00 bits per heavy atom. The minimum atomic E-state index is -0.444. The van der Waals surface area contributed by atoms with Crippen LogP contribution >= 0.6 is 34.9 Å². The first-order chi connectivity index (χ1) is 12.5. The largest absolute Gasteiger partial charge is 0.352 e. The van der Waals surface area contributed by atoms with Crippen molar-refractivity contribution in [1.29, 1.82) is 0 Å². The zero-order valence-electron chi connectivity index (χ0n) is 14.3. The quantitative estimate of drug-likeness (QED) is 0.614. The van der Waals surface area contributed by atoms with Crippen LogP contribution in [0.3, 0.4) is 0 Å². The maximum absolute atomic E-state index is 12.2. The lowest BCUT2D eigenvalue weighted by atomic mass is 9.92. The van der Waals surface area contributed by atoms with Gasteiger partial charge >= 0.3 is 0 Å². The maximum Gasteiger partial charge on any atom is 0.243 e. The predicted octanol–water partition coefficient (Wildman–Crippen LogP) is 0.215. The van der Waals surface area contributed by atoms with Gasteiger partial charge in [-0.2, -0.15) is 0 Å². The summed E-state index contributed by atoms with van der Waals surface area (Å²) in [5.41, 5.74) is 1.65. The Kier molecular flexibility index (Phi) is 6.76. The molecule has 2 aliphatic rings. The molecule has 1 unspecified atom stereocenters. The van der Waals surface area contributed by atoms with Gasteiger partial charge in [-0.3, -0.25) is 14.4 Å². The SMILES string of the molecule is CC(CC1CN(C(=O)CSc2nncs2)C1)NC(=O)[C@@H]1CSCC(=O)N1. The second-order valence-electron chi connectivity index (χ2n) is 6.44. The van der Waals surface area contributed by atoms with Gasteiger partial charge in [0.2, 0.25) is 17.7 Å². The van der Waals surface area contributed by atoms with E-state index in [-0.39, 0.29) is 23.8 Å². The summed E-state index contributed by atoms with van der Waals surface area (Å²) in [6, 6.07) is -0.426. The van der Waals surface area contributed by atoms with Crippen molar-refractivity contribution >= 4 is 52.6 Å². The molecule has 0 bridgehead atoms. The van der Waals surface area contributed by atoms with Gasteiger partial charge in [0.1, 0.15) is 11.6 Å². The number of nitrogens with zero attached hydrogens (tertiary/aromatic N) is 3. The minimum absolute atomic E-state index is 0.0179. The van der Waals surface area contributed by atoms with Crippen LogP contribution in [0.5, 0.6) is 0 Å². The van der Waals surface area contributed by atoms with Crippen LogP contribution in [0.2, 0.25) is 0 Å². The monoisotopic (exact) mass is 415 g/mol. The number of hydrogen-bond acceptors (Lipinski definition) is 8. The van der Waals surface area contributed by atoms with Crippen LogP contribution in [0.15, 0.2) is 9.85 Å². The van der Waals surface area contributed by atoms with Crippen LogP contribution in [0.4, 0.5) is 0 Å². The van der Waals surface area contributed by atoms with E-state index in [1.165, 1.54) is 34.9 Å². The molecule has 0 aromatic carbocycles. The Morgan fingerprint density at radius 1 is 1.50 bits per heavy atom. The molecule has 2 N–H and O–H groups in total. The highest BCUT2D eigenvalue weighted by molar-refractivity contribution is 8.01. The summed E-state index contributed by atoms with van der Waals surface area (Å²) in [5, 5.41) is 13.3. The van der Waals surface area contributed by atoms with Crippen molar-refractivity contribution in [3.63, 3.8) is 0 Å². The summed E-state index contributed by atoms with van der Waals surface area (Å²) >= 11 is 4.32. The van der Waals surface area contributed by atoms with E-state index in [2.05, 4.69) is 20.8 Å².